The van der Waals surface area contributed by atoms with Crippen LogP contribution in [0.25, 0.3) is 0 Å². The Balaban J connectivity index is 1.41. The van der Waals surface area contributed by atoms with Crippen LogP contribution in [0, 0.1) is 0 Å². The van der Waals surface area contributed by atoms with Crippen LogP contribution < -0.4 is 14.8 Å². The molecule has 2 atom stereocenters. The maximum atomic E-state index is 12.5. The van der Waals surface area contributed by atoms with Gasteiger partial charge < -0.3 is 14.8 Å². The van der Waals surface area contributed by atoms with E-state index < -0.39 is 0 Å². The number of carbonyl (C=O) groups is 1. The van der Waals surface area contributed by atoms with Gasteiger partial charge >= 0.3 is 0 Å². The van der Waals surface area contributed by atoms with Crippen molar-refractivity contribution in [1.29, 1.82) is 0 Å². The van der Waals surface area contributed by atoms with Crippen LogP contribution in [0.1, 0.15) is 37.7 Å². The van der Waals surface area contributed by atoms with Gasteiger partial charge in [0.1, 0.15) is 0 Å². The summed E-state index contributed by atoms with van der Waals surface area (Å²) in [5, 5.41) is 3.76. The van der Waals surface area contributed by atoms with Crippen molar-refractivity contribution in [3.05, 3.63) is 22.7 Å². The predicted molar refractivity (Wildman–Crippen MR) is 96.5 cm³/mol. The van der Waals surface area contributed by atoms with E-state index in [0.717, 1.165) is 24.9 Å². The zero-order valence-electron chi connectivity index (χ0n) is 14.4. The molecule has 3 aliphatic rings. The number of benzene rings is 1. The predicted octanol–water partition coefficient (Wildman–Crippen LogP) is 2.79. The normalized spacial score (nSPS) is 26.0. The molecular formula is C19H25ClN2O3. The van der Waals surface area contributed by atoms with Crippen LogP contribution in [0.15, 0.2) is 12.1 Å². The Morgan fingerprint density at radius 3 is 2.96 bits per heavy atom. The van der Waals surface area contributed by atoms with Gasteiger partial charge in [0.05, 0.1) is 24.7 Å². The highest BCUT2D eigenvalue weighted by atomic mass is 35.5. The molecule has 0 spiro atoms. The lowest BCUT2D eigenvalue weighted by molar-refractivity contribution is -0.121. The Morgan fingerprint density at radius 1 is 1.16 bits per heavy atom. The molecule has 2 fully saturated rings. The van der Waals surface area contributed by atoms with Gasteiger partial charge in [-0.3, -0.25) is 9.69 Å². The van der Waals surface area contributed by atoms with Crippen LogP contribution in [0.2, 0.25) is 5.02 Å². The minimum atomic E-state index is 0.0583. The number of hydrogen-bond acceptors (Lipinski definition) is 4. The van der Waals surface area contributed by atoms with Gasteiger partial charge in [-0.15, -0.1) is 0 Å². The van der Waals surface area contributed by atoms with Gasteiger partial charge in [-0.2, -0.15) is 0 Å². The molecule has 0 aliphatic carbocycles. The van der Waals surface area contributed by atoms with E-state index >= 15 is 0 Å². The van der Waals surface area contributed by atoms with Gasteiger partial charge in [-0.05, 0) is 43.5 Å². The third-order valence-electron chi connectivity index (χ3n) is 5.43. The summed E-state index contributed by atoms with van der Waals surface area (Å²) in [4.78, 5) is 15.1. The lowest BCUT2D eigenvalue weighted by atomic mass is 9.99. The molecule has 2 saturated heterocycles. The van der Waals surface area contributed by atoms with Crippen LogP contribution >= 0.6 is 11.6 Å². The molecule has 6 heteroatoms. The van der Waals surface area contributed by atoms with Crippen LogP contribution in [0.3, 0.4) is 0 Å². The van der Waals surface area contributed by atoms with Gasteiger partial charge in [0.25, 0.3) is 0 Å². The quantitative estimate of drug-likeness (QED) is 0.896. The molecule has 136 valence electrons. The van der Waals surface area contributed by atoms with E-state index in [1.54, 1.807) is 0 Å². The van der Waals surface area contributed by atoms with Crippen molar-refractivity contribution in [2.24, 2.45) is 0 Å². The molecule has 3 heterocycles. The lowest BCUT2D eigenvalue weighted by Crippen LogP contribution is -2.47. The summed E-state index contributed by atoms with van der Waals surface area (Å²) in [7, 11) is 0. The van der Waals surface area contributed by atoms with E-state index in [1.807, 2.05) is 12.1 Å². The van der Waals surface area contributed by atoms with Crippen molar-refractivity contribution >= 4 is 17.5 Å². The van der Waals surface area contributed by atoms with Gasteiger partial charge in [0, 0.05) is 25.0 Å². The standard InChI is InChI=1S/C19H25ClN2O3/c20-14-10-13(11-17-19(14)25-9-3-8-24-17)12-18(23)21-15-5-7-22-6-2-1-4-16(15)22/h10-11,15-16H,1-9,12H2,(H,21,23)/t15-,16-/m1/s1. The summed E-state index contributed by atoms with van der Waals surface area (Å²) in [6, 6.07) is 4.50. The van der Waals surface area contributed by atoms with Crippen molar-refractivity contribution < 1.29 is 14.3 Å². The Bertz CT molecular complexity index is 652. The second-order valence-corrected chi connectivity index (χ2v) is 7.60. The fourth-order valence-electron chi connectivity index (χ4n) is 4.25. The lowest BCUT2D eigenvalue weighted by Gasteiger charge is -2.32. The van der Waals surface area contributed by atoms with Crippen LogP contribution in [0.5, 0.6) is 11.5 Å². The molecule has 5 nitrogen and oxygen atoms in total. The molecule has 0 bridgehead atoms. The van der Waals surface area contributed by atoms with Crippen molar-refractivity contribution in [3.63, 3.8) is 0 Å². The van der Waals surface area contributed by atoms with Crippen LogP contribution in [0.4, 0.5) is 0 Å². The summed E-state index contributed by atoms with van der Waals surface area (Å²) in [5.74, 6) is 1.30. The number of rotatable bonds is 3. The van der Waals surface area contributed by atoms with Crippen molar-refractivity contribution in [3.8, 4) is 11.5 Å². The number of halogens is 1. The number of piperidine rings is 1. The van der Waals surface area contributed by atoms with E-state index in [1.165, 1.54) is 25.8 Å². The van der Waals surface area contributed by atoms with Crippen LogP contribution in [-0.4, -0.2) is 49.2 Å². The molecule has 4 rings (SSSR count). The first-order valence-electron chi connectivity index (χ1n) is 9.32. The molecule has 25 heavy (non-hydrogen) atoms. The molecule has 1 aromatic carbocycles. The topological polar surface area (TPSA) is 50.8 Å². The van der Waals surface area contributed by atoms with E-state index in [9.17, 15) is 4.79 Å². The molecular weight excluding hydrogens is 340 g/mol. The number of hydrogen-bond donors (Lipinski definition) is 1. The highest BCUT2D eigenvalue weighted by Gasteiger charge is 2.36. The first-order chi connectivity index (χ1) is 12.2. The molecule has 1 aromatic rings. The average molecular weight is 365 g/mol. The summed E-state index contributed by atoms with van der Waals surface area (Å²) in [6.45, 7) is 3.49. The maximum absolute atomic E-state index is 12.5. The Hall–Kier alpha value is -1.46. The van der Waals surface area contributed by atoms with Crippen molar-refractivity contribution in [2.75, 3.05) is 26.3 Å². The van der Waals surface area contributed by atoms with E-state index in [-0.39, 0.29) is 11.9 Å². The third kappa shape index (κ3) is 3.72. The van der Waals surface area contributed by atoms with Gasteiger partial charge in [0.15, 0.2) is 11.5 Å². The molecule has 1 N–H and O–H groups in total. The molecule has 0 unspecified atom stereocenters. The number of amides is 1. The summed E-state index contributed by atoms with van der Waals surface area (Å²) in [6.07, 6.45) is 5.96. The van der Waals surface area contributed by atoms with Gasteiger partial charge in [-0.1, -0.05) is 18.0 Å². The first kappa shape index (κ1) is 17.0. The number of carbonyl (C=O) groups excluding carboxylic acids is 1. The number of fused-ring (bicyclic) bond motifs is 2. The maximum Gasteiger partial charge on any atom is 0.224 e. The fourth-order valence-corrected chi connectivity index (χ4v) is 4.53. The van der Waals surface area contributed by atoms with Gasteiger partial charge in [0.2, 0.25) is 5.91 Å². The van der Waals surface area contributed by atoms with Gasteiger partial charge in [-0.25, -0.2) is 0 Å². The Morgan fingerprint density at radius 2 is 2.04 bits per heavy atom. The van der Waals surface area contributed by atoms with Crippen molar-refractivity contribution in [1.82, 2.24) is 10.2 Å². The average Bonchev–Trinajstić information content (AvgIpc) is 2.84. The fraction of sp³-hybridized carbons (Fsp3) is 0.632. The molecule has 1 amide bonds. The minimum Gasteiger partial charge on any atom is -0.489 e. The highest BCUT2D eigenvalue weighted by Crippen LogP contribution is 2.38. The zero-order valence-corrected chi connectivity index (χ0v) is 15.2. The Labute approximate surface area is 153 Å². The molecule has 0 radical (unpaired) electrons. The van der Waals surface area contributed by atoms with Crippen molar-refractivity contribution in [2.45, 2.75) is 50.6 Å². The third-order valence-corrected chi connectivity index (χ3v) is 5.71. The second kappa shape index (κ2) is 7.42. The van der Waals surface area contributed by atoms with Crippen LogP contribution in [-0.2, 0) is 11.2 Å². The van der Waals surface area contributed by atoms with E-state index in [2.05, 4.69) is 10.2 Å². The monoisotopic (exact) mass is 364 g/mol. The smallest absolute Gasteiger partial charge is 0.224 e. The molecule has 0 saturated carbocycles. The summed E-state index contributed by atoms with van der Waals surface area (Å²) < 4.78 is 11.4. The summed E-state index contributed by atoms with van der Waals surface area (Å²) in [5.41, 5.74) is 0.866. The second-order valence-electron chi connectivity index (χ2n) is 7.19. The SMILES string of the molecule is O=C(Cc1cc(Cl)c2c(c1)OCCCO2)N[C@@H]1CCN2CCCC[C@H]12. The molecule has 0 aromatic heterocycles. The minimum absolute atomic E-state index is 0.0583. The number of nitrogens with zero attached hydrogens (tertiary/aromatic N) is 1. The zero-order chi connectivity index (χ0) is 17.2. The highest BCUT2D eigenvalue weighted by molar-refractivity contribution is 6.32. The summed E-state index contributed by atoms with van der Waals surface area (Å²) >= 11 is 6.32. The first-order valence-corrected chi connectivity index (χ1v) is 9.70. The molecule has 3 aliphatic heterocycles. The Kier molecular flexibility index (Phi) is 5.04. The number of ether oxygens (including phenoxy) is 2. The van der Waals surface area contributed by atoms with E-state index in [0.29, 0.717) is 42.2 Å². The largest absolute Gasteiger partial charge is 0.489 e. The number of nitrogens with one attached hydrogen (secondary N) is 1. The van der Waals surface area contributed by atoms with E-state index in [4.69, 9.17) is 21.1 Å².